The van der Waals surface area contributed by atoms with Gasteiger partial charge in [-0.1, -0.05) is 91.0 Å². The molecule has 0 fully saturated rings. The van der Waals surface area contributed by atoms with E-state index in [0.29, 0.717) is 0 Å². The largest absolute Gasteiger partial charge is 0.475 e. The molecule has 0 aliphatic carbocycles. The molecule has 0 aliphatic heterocycles. The molecule has 1 N–H and O–H groups in total. The Balaban J connectivity index is 2.17. The van der Waals surface area contributed by atoms with Gasteiger partial charge in [-0.2, -0.15) is 4.68 Å². The van der Waals surface area contributed by atoms with Crippen LogP contribution in [-0.4, -0.2) is 31.3 Å². The minimum atomic E-state index is -1.19. The second-order valence-corrected chi connectivity index (χ2v) is 6.03. The number of hydrogen-bond donors (Lipinski definition) is 1. The number of carbonyl (C=O) groups is 1. The Morgan fingerprint density at radius 2 is 1.15 bits per heavy atom. The number of nitrogens with zero attached hydrogens (tertiary/aromatic N) is 4. The number of carboxylic acids is 1. The van der Waals surface area contributed by atoms with Gasteiger partial charge in [-0.05, 0) is 27.1 Å². The lowest BCUT2D eigenvalue weighted by Gasteiger charge is -2.35. The Labute approximate surface area is 155 Å². The molecular formula is C21H16N4O2. The average molecular weight is 356 g/mol. The predicted molar refractivity (Wildman–Crippen MR) is 99.4 cm³/mol. The molecule has 0 spiro atoms. The fraction of sp³-hybridized carbons (Fsp3) is 0.0476. The second-order valence-electron chi connectivity index (χ2n) is 6.03. The van der Waals surface area contributed by atoms with Crippen LogP contribution in [0.15, 0.2) is 91.0 Å². The molecule has 4 rings (SSSR count). The summed E-state index contributed by atoms with van der Waals surface area (Å²) < 4.78 is 1.38. The fourth-order valence-electron chi connectivity index (χ4n) is 3.45. The van der Waals surface area contributed by atoms with Crippen LogP contribution in [-0.2, 0) is 5.54 Å². The molecular weight excluding hydrogens is 340 g/mol. The smallest absolute Gasteiger partial charge is 0.375 e. The van der Waals surface area contributed by atoms with Gasteiger partial charge in [0, 0.05) is 0 Å². The van der Waals surface area contributed by atoms with Gasteiger partial charge in [0.2, 0.25) is 0 Å². The van der Waals surface area contributed by atoms with Crippen molar-refractivity contribution < 1.29 is 9.90 Å². The molecule has 0 saturated carbocycles. The summed E-state index contributed by atoms with van der Waals surface area (Å²) in [6.07, 6.45) is 0. The van der Waals surface area contributed by atoms with Gasteiger partial charge in [-0.15, -0.1) is 5.10 Å². The molecule has 6 heteroatoms. The molecule has 0 aliphatic rings. The molecule has 1 heterocycles. The Morgan fingerprint density at radius 3 is 1.52 bits per heavy atom. The summed E-state index contributed by atoms with van der Waals surface area (Å²) in [4.78, 5) is 11.9. The minimum absolute atomic E-state index is 0.230. The molecule has 0 unspecified atom stereocenters. The third-order valence-electron chi connectivity index (χ3n) is 4.55. The molecule has 27 heavy (non-hydrogen) atoms. The van der Waals surface area contributed by atoms with Gasteiger partial charge in [-0.25, -0.2) is 4.79 Å². The van der Waals surface area contributed by atoms with Gasteiger partial charge in [0.15, 0.2) is 0 Å². The molecule has 0 bridgehead atoms. The number of carboxylic acid groups (broad SMARTS) is 1. The average Bonchev–Trinajstić information content (AvgIpc) is 3.22. The summed E-state index contributed by atoms with van der Waals surface area (Å²) >= 11 is 0. The summed E-state index contributed by atoms with van der Waals surface area (Å²) in [6.45, 7) is 0. The maximum absolute atomic E-state index is 11.9. The van der Waals surface area contributed by atoms with Crippen molar-refractivity contribution in [3.05, 3.63) is 114 Å². The summed E-state index contributed by atoms with van der Waals surface area (Å²) in [6, 6.07) is 29.0. The highest BCUT2D eigenvalue weighted by Gasteiger charge is 2.42. The topological polar surface area (TPSA) is 80.9 Å². The van der Waals surface area contributed by atoms with E-state index in [1.165, 1.54) is 4.68 Å². The van der Waals surface area contributed by atoms with Gasteiger partial charge < -0.3 is 5.11 Å². The lowest BCUT2D eigenvalue weighted by atomic mass is 9.77. The van der Waals surface area contributed by atoms with E-state index in [4.69, 9.17) is 0 Å². The van der Waals surface area contributed by atoms with Crippen LogP contribution < -0.4 is 0 Å². The van der Waals surface area contributed by atoms with Crippen LogP contribution in [0.4, 0.5) is 0 Å². The van der Waals surface area contributed by atoms with Crippen LogP contribution in [0.3, 0.4) is 0 Å². The Morgan fingerprint density at radius 1 is 0.741 bits per heavy atom. The van der Waals surface area contributed by atoms with Crippen LogP contribution in [0, 0.1) is 0 Å². The van der Waals surface area contributed by atoms with Crippen LogP contribution in [0.5, 0.6) is 0 Å². The zero-order valence-corrected chi connectivity index (χ0v) is 14.3. The van der Waals surface area contributed by atoms with Crippen molar-refractivity contribution in [1.82, 2.24) is 20.2 Å². The van der Waals surface area contributed by atoms with E-state index in [0.717, 1.165) is 16.7 Å². The van der Waals surface area contributed by atoms with Crippen molar-refractivity contribution in [2.24, 2.45) is 0 Å². The molecule has 0 amide bonds. The first-order chi connectivity index (χ1) is 13.2. The van der Waals surface area contributed by atoms with E-state index in [-0.39, 0.29) is 5.82 Å². The SMILES string of the molecule is O=C(O)c1nnnn1C(c1ccccc1)(c1ccccc1)c1ccccc1. The molecule has 132 valence electrons. The molecule has 1 aromatic heterocycles. The fourth-order valence-corrected chi connectivity index (χ4v) is 3.45. The Bertz CT molecular complexity index is 951. The highest BCUT2D eigenvalue weighted by atomic mass is 16.4. The predicted octanol–water partition coefficient (Wildman–Crippen LogP) is 3.21. The number of aromatic carboxylic acids is 1. The molecule has 0 radical (unpaired) electrons. The monoisotopic (exact) mass is 356 g/mol. The summed E-state index contributed by atoms with van der Waals surface area (Å²) in [5.74, 6) is -1.42. The van der Waals surface area contributed by atoms with Crippen molar-refractivity contribution in [3.8, 4) is 0 Å². The zero-order chi connectivity index (χ0) is 18.7. The quantitative estimate of drug-likeness (QED) is 0.555. The number of tetrazole rings is 1. The molecule has 6 nitrogen and oxygen atoms in total. The van der Waals surface area contributed by atoms with Crippen molar-refractivity contribution in [3.63, 3.8) is 0 Å². The number of aromatic nitrogens is 4. The Kier molecular flexibility index (Phi) is 4.22. The summed E-state index contributed by atoms with van der Waals surface area (Å²) in [5.41, 5.74) is 1.55. The van der Waals surface area contributed by atoms with Gasteiger partial charge in [0.05, 0.1) is 0 Å². The van der Waals surface area contributed by atoms with Gasteiger partial charge in [0.1, 0.15) is 5.54 Å². The van der Waals surface area contributed by atoms with Crippen molar-refractivity contribution in [2.75, 3.05) is 0 Å². The molecule has 0 atom stereocenters. The molecule has 4 aromatic rings. The Hall–Kier alpha value is -3.80. The highest BCUT2D eigenvalue weighted by molar-refractivity contribution is 5.83. The number of hydrogen-bond acceptors (Lipinski definition) is 4. The maximum atomic E-state index is 11.9. The zero-order valence-electron chi connectivity index (χ0n) is 14.3. The third-order valence-corrected chi connectivity index (χ3v) is 4.55. The first-order valence-corrected chi connectivity index (χ1v) is 8.43. The standard InChI is InChI=1S/C21H16N4O2/c26-20(27)19-22-23-24-25(19)21(16-10-4-1-5-11-16,17-12-6-2-7-13-17)18-14-8-3-9-15-18/h1-15H,(H,26,27). The molecule has 3 aromatic carbocycles. The second kappa shape index (κ2) is 6.84. The van der Waals surface area contributed by atoms with Crippen LogP contribution >= 0.6 is 0 Å². The van der Waals surface area contributed by atoms with E-state index in [1.807, 2.05) is 91.0 Å². The lowest BCUT2D eigenvalue weighted by molar-refractivity contribution is 0.0672. The van der Waals surface area contributed by atoms with Gasteiger partial charge in [0.25, 0.3) is 5.82 Å². The summed E-state index contributed by atoms with van der Waals surface area (Å²) in [5, 5.41) is 21.2. The third kappa shape index (κ3) is 2.67. The molecule has 0 saturated heterocycles. The van der Waals surface area contributed by atoms with E-state index in [1.54, 1.807) is 0 Å². The van der Waals surface area contributed by atoms with Crippen molar-refractivity contribution >= 4 is 5.97 Å². The maximum Gasteiger partial charge on any atom is 0.375 e. The van der Waals surface area contributed by atoms with Crippen molar-refractivity contribution in [1.29, 1.82) is 0 Å². The van der Waals surface area contributed by atoms with Crippen LogP contribution in [0.1, 0.15) is 27.3 Å². The summed E-state index contributed by atoms with van der Waals surface area (Å²) in [7, 11) is 0. The van der Waals surface area contributed by atoms with E-state index in [2.05, 4.69) is 15.5 Å². The number of rotatable bonds is 5. The van der Waals surface area contributed by atoms with Gasteiger partial charge in [-0.3, -0.25) is 0 Å². The van der Waals surface area contributed by atoms with E-state index < -0.39 is 11.5 Å². The van der Waals surface area contributed by atoms with Gasteiger partial charge >= 0.3 is 5.97 Å². The van der Waals surface area contributed by atoms with Crippen molar-refractivity contribution in [2.45, 2.75) is 5.54 Å². The normalized spacial score (nSPS) is 11.3. The highest BCUT2D eigenvalue weighted by Crippen LogP contribution is 2.40. The lowest BCUT2D eigenvalue weighted by Crippen LogP contribution is -2.40. The number of benzene rings is 3. The van der Waals surface area contributed by atoms with E-state index >= 15 is 0 Å². The van der Waals surface area contributed by atoms with Crippen LogP contribution in [0.2, 0.25) is 0 Å². The van der Waals surface area contributed by atoms with E-state index in [9.17, 15) is 9.90 Å². The van der Waals surface area contributed by atoms with Crippen LogP contribution in [0.25, 0.3) is 0 Å². The first-order valence-electron chi connectivity index (χ1n) is 8.43. The first kappa shape index (κ1) is 16.7. The minimum Gasteiger partial charge on any atom is -0.475 e.